The van der Waals surface area contributed by atoms with Gasteiger partial charge in [0.2, 0.25) is 0 Å². The molecule has 0 fully saturated rings. The predicted octanol–water partition coefficient (Wildman–Crippen LogP) is 5.42. The van der Waals surface area contributed by atoms with Gasteiger partial charge in [-0.05, 0) is 52.9 Å². The molecule has 5 rings (SSSR count). The number of carbonyl (C=O) groups excluding carboxylic acids is 3. The van der Waals surface area contributed by atoms with Gasteiger partial charge in [0.05, 0.1) is 21.5 Å². The summed E-state index contributed by atoms with van der Waals surface area (Å²) in [6, 6.07) is 13.6. The van der Waals surface area contributed by atoms with Gasteiger partial charge in [-0.2, -0.15) is 8.78 Å². The topological polar surface area (TPSA) is 101 Å². The molecule has 0 saturated carbocycles. The molecule has 0 saturated heterocycles. The zero-order chi connectivity index (χ0) is 28.2. The Labute approximate surface area is 236 Å². The number of fused-ring (bicyclic) bond motifs is 1. The van der Waals surface area contributed by atoms with E-state index in [1.165, 1.54) is 34.6 Å². The molecule has 204 valence electrons. The molecule has 0 aliphatic carbocycles. The number of alkyl halides is 2. The Morgan fingerprint density at radius 1 is 1.12 bits per heavy atom. The number of halogens is 3. The molecule has 40 heavy (non-hydrogen) atoms. The van der Waals surface area contributed by atoms with Crippen molar-refractivity contribution in [2.75, 3.05) is 5.32 Å². The smallest absolute Gasteiger partial charge is 0.387 e. The number of thiophene rings is 1. The number of carbonyl (C=O) groups is 3. The van der Waals surface area contributed by atoms with E-state index < -0.39 is 18.6 Å². The van der Waals surface area contributed by atoms with Crippen LogP contribution in [0.25, 0.3) is 0 Å². The number of nitrogens with one attached hydrogen (secondary N) is 1. The Bertz CT molecular complexity index is 1570. The lowest BCUT2D eigenvalue weighted by molar-refractivity contribution is -0.122. The molecule has 0 spiro atoms. The standard InChI is InChI=1S/C28H21ClF2N4O4S/c29-21-11-16(4-5-20(21)26(37)34-24-14-19(6-9-33-24)39-28(30)31)15-35-22(13-18-3-1-2-8-32-18)23(36)12-17-7-10-40-25(17)27(35)38/h1-11,14,22,28H,12-13,15H2,(H,33,34,37). The Kier molecular flexibility index (Phi) is 8.13. The Morgan fingerprint density at radius 3 is 2.73 bits per heavy atom. The van der Waals surface area contributed by atoms with E-state index in [4.69, 9.17) is 11.6 Å². The van der Waals surface area contributed by atoms with E-state index in [1.54, 1.807) is 35.8 Å². The summed E-state index contributed by atoms with van der Waals surface area (Å²) in [6.07, 6.45) is 3.27. The highest BCUT2D eigenvalue weighted by Crippen LogP contribution is 2.29. The fourth-order valence-electron chi connectivity index (χ4n) is 4.41. The molecule has 3 aromatic heterocycles. The number of amides is 2. The third-order valence-electron chi connectivity index (χ3n) is 6.27. The highest BCUT2D eigenvalue weighted by atomic mass is 35.5. The summed E-state index contributed by atoms with van der Waals surface area (Å²) < 4.78 is 29.3. The molecule has 8 nitrogen and oxygen atoms in total. The lowest BCUT2D eigenvalue weighted by atomic mass is 10.0. The highest BCUT2D eigenvalue weighted by molar-refractivity contribution is 7.12. The fraction of sp³-hybridized carbons (Fsp3) is 0.179. The van der Waals surface area contributed by atoms with Crippen molar-refractivity contribution in [2.24, 2.45) is 0 Å². The largest absolute Gasteiger partial charge is 0.435 e. The summed E-state index contributed by atoms with van der Waals surface area (Å²) in [5.41, 5.74) is 2.11. The molecule has 1 aliphatic heterocycles. The second-order valence-electron chi connectivity index (χ2n) is 8.92. The highest BCUT2D eigenvalue weighted by Gasteiger charge is 2.36. The van der Waals surface area contributed by atoms with E-state index in [9.17, 15) is 23.2 Å². The molecule has 4 heterocycles. The van der Waals surface area contributed by atoms with Crippen LogP contribution in [-0.2, 0) is 24.2 Å². The van der Waals surface area contributed by atoms with E-state index in [2.05, 4.69) is 20.0 Å². The summed E-state index contributed by atoms with van der Waals surface area (Å²) in [5.74, 6) is -1.13. The zero-order valence-corrected chi connectivity index (χ0v) is 22.3. The molecule has 1 unspecified atom stereocenters. The number of hydrogen-bond acceptors (Lipinski definition) is 7. The van der Waals surface area contributed by atoms with Crippen LogP contribution in [0.3, 0.4) is 0 Å². The first-order valence-corrected chi connectivity index (χ1v) is 13.3. The van der Waals surface area contributed by atoms with Crippen molar-refractivity contribution in [2.45, 2.75) is 32.0 Å². The molecule has 1 aliphatic rings. The Balaban J connectivity index is 1.38. The van der Waals surface area contributed by atoms with Crippen LogP contribution < -0.4 is 10.1 Å². The van der Waals surface area contributed by atoms with Crippen molar-refractivity contribution in [3.63, 3.8) is 0 Å². The third-order valence-corrected chi connectivity index (χ3v) is 7.53. The quantitative estimate of drug-likeness (QED) is 0.297. The van der Waals surface area contributed by atoms with Crippen LogP contribution in [0, 0.1) is 0 Å². The number of Topliss-reactive ketones (excluding diaryl/α,β-unsaturated/α-hetero) is 1. The molecule has 0 radical (unpaired) electrons. The molecule has 4 aromatic rings. The fourth-order valence-corrected chi connectivity index (χ4v) is 5.58. The van der Waals surface area contributed by atoms with Crippen molar-refractivity contribution < 1.29 is 27.9 Å². The molecule has 1 N–H and O–H groups in total. The molecule has 12 heteroatoms. The normalized spacial score (nSPS) is 15.1. The molecule has 1 aromatic carbocycles. The number of ketones is 1. The Hall–Kier alpha value is -4.22. The van der Waals surface area contributed by atoms with E-state index >= 15 is 0 Å². The maximum Gasteiger partial charge on any atom is 0.387 e. The van der Waals surface area contributed by atoms with Gasteiger partial charge in [-0.1, -0.05) is 23.7 Å². The van der Waals surface area contributed by atoms with Crippen molar-refractivity contribution in [3.8, 4) is 5.75 Å². The lowest BCUT2D eigenvalue weighted by Crippen LogP contribution is -2.44. The maximum atomic E-state index is 13.6. The van der Waals surface area contributed by atoms with Crippen LogP contribution in [0.15, 0.2) is 72.4 Å². The summed E-state index contributed by atoms with van der Waals surface area (Å²) >= 11 is 7.74. The number of nitrogens with zero attached hydrogens (tertiary/aromatic N) is 3. The molecule has 2 amide bonds. The molecular weight excluding hydrogens is 562 g/mol. The van der Waals surface area contributed by atoms with E-state index in [-0.39, 0.29) is 53.2 Å². The monoisotopic (exact) mass is 582 g/mol. The number of hydrogen-bond donors (Lipinski definition) is 1. The second kappa shape index (κ2) is 11.9. The van der Waals surface area contributed by atoms with E-state index in [1.807, 2.05) is 12.1 Å². The summed E-state index contributed by atoms with van der Waals surface area (Å²) in [7, 11) is 0. The van der Waals surface area contributed by atoms with Crippen LogP contribution in [0.2, 0.25) is 5.02 Å². The van der Waals surface area contributed by atoms with Gasteiger partial charge in [0.15, 0.2) is 5.78 Å². The average Bonchev–Trinajstić information content (AvgIpc) is 3.35. The maximum absolute atomic E-state index is 13.6. The van der Waals surface area contributed by atoms with Gasteiger partial charge in [0.1, 0.15) is 11.6 Å². The van der Waals surface area contributed by atoms with Crippen LogP contribution in [-0.4, -0.2) is 45.1 Å². The summed E-state index contributed by atoms with van der Waals surface area (Å²) in [4.78, 5) is 50.1. The first-order chi connectivity index (χ1) is 19.3. The van der Waals surface area contributed by atoms with Gasteiger partial charge >= 0.3 is 6.61 Å². The number of aromatic nitrogens is 2. The first-order valence-electron chi connectivity index (χ1n) is 12.1. The third kappa shape index (κ3) is 6.16. The van der Waals surface area contributed by atoms with E-state index in [0.29, 0.717) is 21.7 Å². The van der Waals surface area contributed by atoms with Crippen LogP contribution >= 0.6 is 22.9 Å². The number of pyridine rings is 2. The minimum Gasteiger partial charge on any atom is -0.435 e. The van der Waals surface area contributed by atoms with Crippen molar-refractivity contribution >= 4 is 46.4 Å². The SMILES string of the molecule is O=C(Nc1cc(OC(F)F)ccn1)c1ccc(CN2C(=O)c3sccc3CC(=O)C2Cc2ccccn2)cc1Cl. The Morgan fingerprint density at radius 2 is 1.98 bits per heavy atom. The van der Waals surface area contributed by atoms with Crippen molar-refractivity contribution in [1.29, 1.82) is 0 Å². The van der Waals surface area contributed by atoms with Gasteiger partial charge in [-0.15, -0.1) is 11.3 Å². The van der Waals surface area contributed by atoms with E-state index in [0.717, 1.165) is 6.07 Å². The van der Waals surface area contributed by atoms with Gasteiger partial charge in [0, 0.05) is 43.5 Å². The summed E-state index contributed by atoms with van der Waals surface area (Å²) in [6.45, 7) is -2.94. The van der Waals surface area contributed by atoms with Crippen molar-refractivity contribution in [1.82, 2.24) is 14.9 Å². The van der Waals surface area contributed by atoms with Gasteiger partial charge in [-0.25, -0.2) is 4.98 Å². The van der Waals surface area contributed by atoms with Crippen LogP contribution in [0.1, 0.15) is 36.9 Å². The van der Waals surface area contributed by atoms with Gasteiger partial charge < -0.3 is 15.0 Å². The average molecular weight is 583 g/mol. The number of benzene rings is 1. The van der Waals surface area contributed by atoms with Crippen LogP contribution in [0.4, 0.5) is 14.6 Å². The number of anilines is 1. The zero-order valence-electron chi connectivity index (χ0n) is 20.7. The molecular formula is C28H21ClF2N4O4S. The van der Waals surface area contributed by atoms with Crippen molar-refractivity contribution in [3.05, 3.63) is 105 Å². The molecule has 0 bridgehead atoms. The number of rotatable bonds is 8. The summed E-state index contributed by atoms with van der Waals surface area (Å²) in [5, 5.41) is 4.39. The number of ether oxygens (including phenoxy) is 1. The minimum absolute atomic E-state index is 0.00100. The molecule has 1 atom stereocenters. The lowest BCUT2D eigenvalue weighted by Gasteiger charge is -2.29. The minimum atomic E-state index is -3.02. The van der Waals surface area contributed by atoms with Gasteiger partial charge in [0.25, 0.3) is 11.8 Å². The van der Waals surface area contributed by atoms with Crippen LogP contribution in [0.5, 0.6) is 5.75 Å². The predicted molar refractivity (Wildman–Crippen MR) is 145 cm³/mol. The van der Waals surface area contributed by atoms with Gasteiger partial charge in [-0.3, -0.25) is 19.4 Å². The first kappa shape index (κ1) is 27.4. The second-order valence-corrected chi connectivity index (χ2v) is 10.2.